The van der Waals surface area contributed by atoms with E-state index in [2.05, 4.69) is 19.2 Å². The second-order valence-corrected chi connectivity index (χ2v) is 4.69. The van der Waals surface area contributed by atoms with Crippen LogP contribution in [0.4, 0.5) is 0 Å². The van der Waals surface area contributed by atoms with Crippen molar-refractivity contribution in [2.24, 2.45) is 5.41 Å². The van der Waals surface area contributed by atoms with Crippen LogP contribution >= 0.6 is 0 Å². The summed E-state index contributed by atoms with van der Waals surface area (Å²) in [6, 6.07) is 0.604. The zero-order valence-electron chi connectivity index (χ0n) is 8.43. The third-order valence-electron chi connectivity index (χ3n) is 2.92. The van der Waals surface area contributed by atoms with Gasteiger partial charge in [-0.25, -0.2) is 0 Å². The molecule has 1 aliphatic rings. The summed E-state index contributed by atoms with van der Waals surface area (Å²) in [5.41, 5.74) is 0.425. The van der Waals surface area contributed by atoms with Gasteiger partial charge in [-0.3, -0.25) is 0 Å². The minimum atomic E-state index is -0.221. The van der Waals surface area contributed by atoms with Crippen LogP contribution < -0.4 is 5.32 Å². The Morgan fingerprint density at radius 3 is 2.67 bits per heavy atom. The molecule has 1 saturated carbocycles. The summed E-state index contributed by atoms with van der Waals surface area (Å²) < 4.78 is 0. The molecule has 0 heterocycles. The van der Waals surface area contributed by atoms with Gasteiger partial charge in [0.2, 0.25) is 0 Å². The van der Waals surface area contributed by atoms with Crippen LogP contribution in [0.1, 0.15) is 40.0 Å². The molecule has 2 heteroatoms. The van der Waals surface area contributed by atoms with Gasteiger partial charge in [0, 0.05) is 12.6 Å². The molecule has 0 radical (unpaired) electrons. The fourth-order valence-corrected chi connectivity index (χ4v) is 2.02. The average Bonchev–Trinajstić information content (AvgIpc) is 2.25. The molecule has 0 amide bonds. The Balaban J connectivity index is 2.32. The van der Waals surface area contributed by atoms with Gasteiger partial charge in [-0.2, -0.15) is 0 Å². The van der Waals surface area contributed by atoms with Gasteiger partial charge >= 0.3 is 0 Å². The van der Waals surface area contributed by atoms with Crippen LogP contribution in [0.15, 0.2) is 0 Å². The Kier molecular flexibility index (Phi) is 3.13. The van der Waals surface area contributed by atoms with Gasteiger partial charge in [0.15, 0.2) is 0 Å². The molecule has 0 aliphatic heterocycles. The van der Waals surface area contributed by atoms with E-state index in [1.54, 1.807) is 0 Å². The first-order chi connectivity index (χ1) is 5.52. The van der Waals surface area contributed by atoms with Crippen molar-refractivity contribution in [3.05, 3.63) is 0 Å². The minimum Gasteiger partial charge on any atom is -0.392 e. The predicted octanol–water partition coefficient (Wildman–Crippen LogP) is 1.54. The molecule has 1 unspecified atom stereocenters. The maximum absolute atomic E-state index is 9.12. The second kappa shape index (κ2) is 3.75. The first kappa shape index (κ1) is 10.0. The standard InChI is InChI=1S/C10H21NO/c1-8(12)7-11-9-5-4-6-10(9,2)3/h8-9,11-12H,4-7H2,1-3H3/t8-,9?/m1/s1. The van der Waals surface area contributed by atoms with Gasteiger partial charge in [-0.1, -0.05) is 20.3 Å². The summed E-state index contributed by atoms with van der Waals surface area (Å²) in [5, 5.41) is 12.5. The van der Waals surface area contributed by atoms with E-state index < -0.39 is 0 Å². The smallest absolute Gasteiger partial charge is 0.0636 e. The van der Waals surface area contributed by atoms with Gasteiger partial charge in [-0.15, -0.1) is 0 Å². The quantitative estimate of drug-likeness (QED) is 0.675. The lowest BCUT2D eigenvalue weighted by Gasteiger charge is -2.28. The summed E-state index contributed by atoms with van der Waals surface area (Å²) in [4.78, 5) is 0. The van der Waals surface area contributed by atoms with E-state index in [-0.39, 0.29) is 6.10 Å². The first-order valence-electron chi connectivity index (χ1n) is 4.94. The average molecular weight is 171 g/mol. The normalized spacial score (nSPS) is 30.5. The Hall–Kier alpha value is -0.0800. The molecule has 72 valence electrons. The van der Waals surface area contributed by atoms with Crippen molar-refractivity contribution in [2.75, 3.05) is 6.54 Å². The van der Waals surface area contributed by atoms with Crippen LogP contribution in [0, 0.1) is 5.41 Å². The lowest BCUT2D eigenvalue weighted by molar-refractivity contribution is 0.172. The maximum Gasteiger partial charge on any atom is 0.0636 e. The zero-order chi connectivity index (χ0) is 9.19. The van der Waals surface area contributed by atoms with Crippen molar-refractivity contribution in [1.82, 2.24) is 5.32 Å². The van der Waals surface area contributed by atoms with Crippen molar-refractivity contribution in [3.63, 3.8) is 0 Å². The molecule has 0 aromatic heterocycles. The molecule has 1 fully saturated rings. The molecule has 0 bridgehead atoms. The molecule has 0 spiro atoms. The molecular formula is C10H21NO. The number of rotatable bonds is 3. The van der Waals surface area contributed by atoms with Gasteiger partial charge < -0.3 is 10.4 Å². The number of aliphatic hydroxyl groups is 1. The molecule has 0 aromatic carbocycles. The Morgan fingerprint density at radius 2 is 2.25 bits per heavy atom. The largest absolute Gasteiger partial charge is 0.392 e. The molecule has 0 aromatic rings. The Bertz CT molecular complexity index is 143. The summed E-state index contributed by atoms with van der Waals surface area (Å²) >= 11 is 0. The second-order valence-electron chi connectivity index (χ2n) is 4.69. The molecule has 1 rings (SSSR count). The van der Waals surface area contributed by atoms with Crippen molar-refractivity contribution in [2.45, 2.75) is 52.2 Å². The molecule has 12 heavy (non-hydrogen) atoms. The maximum atomic E-state index is 9.12. The first-order valence-corrected chi connectivity index (χ1v) is 4.94. The number of hydrogen-bond acceptors (Lipinski definition) is 2. The number of aliphatic hydroxyl groups excluding tert-OH is 1. The van der Waals surface area contributed by atoms with E-state index in [1.807, 2.05) is 6.92 Å². The highest BCUT2D eigenvalue weighted by Crippen LogP contribution is 2.36. The topological polar surface area (TPSA) is 32.3 Å². The summed E-state index contributed by atoms with van der Waals surface area (Å²) in [6.45, 7) is 7.17. The van der Waals surface area contributed by atoms with Crippen LogP contribution in [0.5, 0.6) is 0 Å². The van der Waals surface area contributed by atoms with E-state index >= 15 is 0 Å². The van der Waals surface area contributed by atoms with Crippen molar-refractivity contribution in [1.29, 1.82) is 0 Å². The summed E-state index contributed by atoms with van der Waals surface area (Å²) in [5.74, 6) is 0. The van der Waals surface area contributed by atoms with E-state index in [0.717, 1.165) is 6.54 Å². The monoisotopic (exact) mass is 171 g/mol. The highest BCUT2D eigenvalue weighted by molar-refractivity contribution is 4.90. The summed E-state index contributed by atoms with van der Waals surface area (Å²) in [6.07, 6.45) is 3.68. The molecule has 0 saturated heterocycles. The molecule has 2 N–H and O–H groups in total. The van der Waals surface area contributed by atoms with Crippen LogP contribution in [-0.4, -0.2) is 23.8 Å². The van der Waals surface area contributed by atoms with E-state index in [4.69, 9.17) is 5.11 Å². The van der Waals surface area contributed by atoms with Gasteiger partial charge in [-0.05, 0) is 25.2 Å². The molecule has 2 atom stereocenters. The number of nitrogens with one attached hydrogen (secondary N) is 1. The van der Waals surface area contributed by atoms with Gasteiger partial charge in [0.05, 0.1) is 6.10 Å². The van der Waals surface area contributed by atoms with Crippen molar-refractivity contribution < 1.29 is 5.11 Å². The van der Waals surface area contributed by atoms with Crippen LogP contribution in [0.2, 0.25) is 0 Å². The van der Waals surface area contributed by atoms with Gasteiger partial charge in [0.1, 0.15) is 0 Å². The van der Waals surface area contributed by atoms with E-state index in [9.17, 15) is 0 Å². The Labute approximate surface area is 75.4 Å². The van der Waals surface area contributed by atoms with Crippen molar-refractivity contribution in [3.8, 4) is 0 Å². The fraction of sp³-hybridized carbons (Fsp3) is 1.00. The summed E-state index contributed by atoms with van der Waals surface area (Å²) in [7, 11) is 0. The van der Waals surface area contributed by atoms with Gasteiger partial charge in [0.25, 0.3) is 0 Å². The highest BCUT2D eigenvalue weighted by atomic mass is 16.3. The van der Waals surface area contributed by atoms with E-state index in [0.29, 0.717) is 11.5 Å². The third kappa shape index (κ3) is 2.46. The molecule has 1 aliphatic carbocycles. The zero-order valence-corrected chi connectivity index (χ0v) is 8.43. The highest BCUT2D eigenvalue weighted by Gasteiger charge is 2.33. The van der Waals surface area contributed by atoms with Crippen LogP contribution in [0.3, 0.4) is 0 Å². The van der Waals surface area contributed by atoms with Crippen molar-refractivity contribution >= 4 is 0 Å². The number of hydrogen-bond donors (Lipinski definition) is 2. The Morgan fingerprint density at radius 1 is 1.58 bits per heavy atom. The predicted molar refractivity (Wildman–Crippen MR) is 51.1 cm³/mol. The fourth-order valence-electron chi connectivity index (χ4n) is 2.02. The lowest BCUT2D eigenvalue weighted by atomic mass is 9.87. The SMILES string of the molecule is C[C@@H](O)CNC1CCCC1(C)C. The van der Waals surface area contributed by atoms with Crippen LogP contribution in [0.25, 0.3) is 0 Å². The lowest BCUT2D eigenvalue weighted by Crippen LogP contribution is -2.40. The van der Waals surface area contributed by atoms with E-state index in [1.165, 1.54) is 19.3 Å². The third-order valence-corrected chi connectivity index (χ3v) is 2.92. The molecule has 2 nitrogen and oxygen atoms in total. The minimum absolute atomic E-state index is 0.221. The van der Waals surface area contributed by atoms with Crippen LogP contribution in [-0.2, 0) is 0 Å². The molecular weight excluding hydrogens is 150 g/mol.